The minimum atomic E-state index is -0.0226. The Bertz CT molecular complexity index is 506. The molecule has 0 aliphatic heterocycles. The predicted octanol–water partition coefficient (Wildman–Crippen LogP) is 2.65. The van der Waals surface area contributed by atoms with Gasteiger partial charge in [-0.15, -0.1) is 0 Å². The molecular weight excluding hydrogens is 328 g/mol. The minimum Gasteiger partial charge on any atom is -0.385 e. The quantitative estimate of drug-likeness (QED) is 0.343. The smallest absolute Gasteiger partial charge is 0.224 e. The highest BCUT2D eigenvalue weighted by Crippen LogP contribution is 2.13. The summed E-state index contributed by atoms with van der Waals surface area (Å²) in [6.07, 6.45) is 2.04. The summed E-state index contributed by atoms with van der Waals surface area (Å²) >= 11 is 5.81. The van der Waals surface area contributed by atoms with E-state index in [1.54, 1.807) is 31.4 Å². The van der Waals surface area contributed by atoms with Crippen molar-refractivity contribution in [3.05, 3.63) is 29.3 Å². The highest BCUT2D eigenvalue weighted by molar-refractivity contribution is 6.30. The fourth-order valence-electron chi connectivity index (χ4n) is 1.95. The first-order valence-corrected chi connectivity index (χ1v) is 8.60. The zero-order chi connectivity index (χ0) is 17.6. The van der Waals surface area contributed by atoms with Crippen molar-refractivity contribution in [2.24, 2.45) is 4.99 Å². The van der Waals surface area contributed by atoms with Crippen molar-refractivity contribution < 1.29 is 9.53 Å². The van der Waals surface area contributed by atoms with Crippen LogP contribution < -0.4 is 16.0 Å². The molecule has 0 saturated heterocycles. The molecule has 24 heavy (non-hydrogen) atoms. The lowest BCUT2D eigenvalue weighted by atomic mass is 10.2. The Morgan fingerprint density at radius 3 is 2.62 bits per heavy atom. The highest BCUT2D eigenvalue weighted by Gasteiger charge is 2.02. The summed E-state index contributed by atoms with van der Waals surface area (Å²) in [5, 5.41) is 9.90. The molecular formula is C17H27ClN4O2. The van der Waals surface area contributed by atoms with Crippen molar-refractivity contribution in [1.29, 1.82) is 0 Å². The molecule has 3 N–H and O–H groups in total. The number of nitrogens with zero attached hydrogens (tertiary/aromatic N) is 1. The zero-order valence-corrected chi connectivity index (χ0v) is 15.2. The number of halogens is 1. The zero-order valence-electron chi connectivity index (χ0n) is 14.4. The van der Waals surface area contributed by atoms with Gasteiger partial charge < -0.3 is 20.7 Å². The lowest BCUT2D eigenvalue weighted by Crippen LogP contribution is -2.38. The Balaban J connectivity index is 2.27. The molecule has 134 valence electrons. The van der Waals surface area contributed by atoms with Crippen LogP contribution in [0.4, 0.5) is 5.69 Å². The van der Waals surface area contributed by atoms with Crippen LogP contribution in [0.2, 0.25) is 5.02 Å². The normalized spacial score (nSPS) is 11.2. The van der Waals surface area contributed by atoms with Gasteiger partial charge in [0, 0.05) is 50.5 Å². The number of aliphatic imine (C=N–C) groups is 1. The monoisotopic (exact) mass is 354 g/mol. The average Bonchev–Trinajstić information content (AvgIpc) is 2.57. The van der Waals surface area contributed by atoms with E-state index in [0.717, 1.165) is 37.8 Å². The number of carbonyl (C=O) groups excluding carboxylic acids is 1. The standard InChI is InChI=1S/C17H27ClN4O2/c1-3-19-17(21-12-5-13-24-2)20-11-4-6-16(23)22-15-9-7-14(18)8-10-15/h7-10H,3-6,11-13H2,1-2H3,(H,22,23)(H2,19,20,21). The van der Waals surface area contributed by atoms with Gasteiger partial charge in [-0.3, -0.25) is 9.79 Å². The SMILES string of the molecule is CCNC(=NCCCC(=O)Nc1ccc(Cl)cc1)NCCCOC. The molecule has 0 aliphatic rings. The van der Waals surface area contributed by atoms with Crippen LogP contribution in [0.5, 0.6) is 0 Å². The summed E-state index contributed by atoms with van der Waals surface area (Å²) in [5.41, 5.74) is 0.751. The molecule has 1 amide bonds. The molecule has 0 spiro atoms. The van der Waals surface area contributed by atoms with Crippen LogP contribution in [0.3, 0.4) is 0 Å². The van der Waals surface area contributed by atoms with E-state index in [1.165, 1.54) is 0 Å². The second kappa shape index (κ2) is 12.6. The number of amides is 1. The predicted molar refractivity (Wildman–Crippen MR) is 99.8 cm³/mol. The first-order valence-electron chi connectivity index (χ1n) is 8.22. The summed E-state index contributed by atoms with van der Waals surface area (Å²) in [5.74, 6) is 0.747. The summed E-state index contributed by atoms with van der Waals surface area (Å²) in [6.45, 7) is 4.93. The van der Waals surface area contributed by atoms with Gasteiger partial charge in [0.25, 0.3) is 0 Å². The third kappa shape index (κ3) is 9.37. The van der Waals surface area contributed by atoms with Gasteiger partial charge in [0.2, 0.25) is 5.91 Å². The molecule has 0 radical (unpaired) electrons. The molecule has 0 fully saturated rings. The van der Waals surface area contributed by atoms with Crippen LogP contribution in [0.1, 0.15) is 26.2 Å². The maximum absolute atomic E-state index is 11.9. The largest absolute Gasteiger partial charge is 0.385 e. The van der Waals surface area contributed by atoms with Crippen molar-refractivity contribution in [1.82, 2.24) is 10.6 Å². The number of hydrogen-bond donors (Lipinski definition) is 3. The van der Waals surface area contributed by atoms with Gasteiger partial charge in [0.05, 0.1) is 0 Å². The van der Waals surface area contributed by atoms with Gasteiger partial charge >= 0.3 is 0 Å². The van der Waals surface area contributed by atoms with E-state index >= 15 is 0 Å². The second-order valence-electron chi connectivity index (χ2n) is 5.19. The van der Waals surface area contributed by atoms with Crippen LogP contribution in [0, 0.1) is 0 Å². The molecule has 0 aromatic heterocycles. The van der Waals surface area contributed by atoms with Gasteiger partial charge in [-0.25, -0.2) is 0 Å². The van der Waals surface area contributed by atoms with Gasteiger partial charge in [-0.05, 0) is 44.0 Å². The van der Waals surface area contributed by atoms with Crippen molar-refractivity contribution in [3.63, 3.8) is 0 Å². The van der Waals surface area contributed by atoms with E-state index in [-0.39, 0.29) is 5.91 Å². The van der Waals surface area contributed by atoms with Crippen LogP contribution >= 0.6 is 11.6 Å². The van der Waals surface area contributed by atoms with E-state index in [0.29, 0.717) is 24.4 Å². The van der Waals surface area contributed by atoms with E-state index in [2.05, 4.69) is 20.9 Å². The summed E-state index contributed by atoms with van der Waals surface area (Å²) in [7, 11) is 1.69. The maximum atomic E-state index is 11.9. The number of benzene rings is 1. The number of hydrogen-bond acceptors (Lipinski definition) is 3. The van der Waals surface area contributed by atoms with E-state index in [9.17, 15) is 4.79 Å². The molecule has 0 unspecified atom stereocenters. The van der Waals surface area contributed by atoms with Crippen molar-refractivity contribution >= 4 is 29.2 Å². The van der Waals surface area contributed by atoms with Crippen LogP contribution in [-0.4, -0.2) is 45.2 Å². The Labute approximate surface area is 149 Å². The molecule has 0 saturated carbocycles. The van der Waals surface area contributed by atoms with Crippen LogP contribution in [0.25, 0.3) is 0 Å². The number of methoxy groups -OCH3 is 1. The number of nitrogens with one attached hydrogen (secondary N) is 3. The summed E-state index contributed by atoms with van der Waals surface area (Å²) in [4.78, 5) is 16.3. The minimum absolute atomic E-state index is 0.0226. The Hall–Kier alpha value is -1.79. The molecule has 7 heteroatoms. The van der Waals surface area contributed by atoms with Gasteiger partial charge in [-0.1, -0.05) is 11.6 Å². The summed E-state index contributed by atoms with van der Waals surface area (Å²) < 4.78 is 5.01. The average molecular weight is 355 g/mol. The number of guanidine groups is 1. The Morgan fingerprint density at radius 2 is 1.96 bits per heavy atom. The lowest BCUT2D eigenvalue weighted by molar-refractivity contribution is -0.116. The van der Waals surface area contributed by atoms with Crippen molar-refractivity contribution in [2.75, 3.05) is 38.7 Å². The van der Waals surface area contributed by atoms with Gasteiger partial charge in [0.1, 0.15) is 0 Å². The van der Waals surface area contributed by atoms with Crippen LogP contribution in [-0.2, 0) is 9.53 Å². The van der Waals surface area contributed by atoms with Crippen molar-refractivity contribution in [2.45, 2.75) is 26.2 Å². The molecule has 1 aromatic carbocycles. The number of ether oxygens (including phenoxy) is 1. The van der Waals surface area contributed by atoms with E-state index in [1.807, 2.05) is 6.92 Å². The molecule has 0 bridgehead atoms. The molecule has 0 heterocycles. The summed E-state index contributed by atoms with van der Waals surface area (Å²) in [6, 6.07) is 7.07. The Morgan fingerprint density at radius 1 is 1.21 bits per heavy atom. The molecule has 1 aromatic rings. The fourth-order valence-corrected chi connectivity index (χ4v) is 2.08. The number of anilines is 1. The molecule has 0 atom stereocenters. The topological polar surface area (TPSA) is 74.8 Å². The maximum Gasteiger partial charge on any atom is 0.224 e. The molecule has 0 aliphatic carbocycles. The van der Waals surface area contributed by atoms with Crippen LogP contribution in [0.15, 0.2) is 29.3 Å². The highest BCUT2D eigenvalue weighted by atomic mass is 35.5. The lowest BCUT2D eigenvalue weighted by Gasteiger charge is -2.11. The first kappa shape index (κ1) is 20.3. The molecule has 1 rings (SSSR count). The third-order valence-corrected chi connectivity index (χ3v) is 3.37. The molecule has 6 nitrogen and oxygen atoms in total. The number of rotatable bonds is 10. The first-order chi connectivity index (χ1) is 11.7. The van der Waals surface area contributed by atoms with E-state index < -0.39 is 0 Å². The third-order valence-electron chi connectivity index (χ3n) is 3.12. The van der Waals surface area contributed by atoms with E-state index in [4.69, 9.17) is 16.3 Å². The van der Waals surface area contributed by atoms with Gasteiger partial charge in [-0.2, -0.15) is 0 Å². The fraction of sp³-hybridized carbons (Fsp3) is 0.529. The van der Waals surface area contributed by atoms with Crippen molar-refractivity contribution in [3.8, 4) is 0 Å². The second-order valence-corrected chi connectivity index (χ2v) is 5.63. The number of carbonyl (C=O) groups is 1. The Kier molecular flexibility index (Phi) is 10.6. The van der Waals surface area contributed by atoms with Gasteiger partial charge in [0.15, 0.2) is 5.96 Å².